The lowest BCUT2D eigenvalue weighted by Gasteiger charge is -2.21. The maximum Gasteiger partial charge on any atom is 0.255 e. The molecule has 2 aromatic carbocycles. The highest BCUT2D eigenvalue weighted by Gasteiger charge is 2.23. The highest BCUT2D eigenvalue weighted by molar-refractivity contribution is 9.10. The maximum atomic E-state index is 12.3. The van der Waals surface area contributed by atoms with E-state index in [1.165, 1.54) is 11.8 Å². The summed E-state index contributed by atoms with van der Waals surface area (Å²) in [5, 5.41) is 5.55. The van der Waals surface area contributed by atoms with Crippen LogP contribution in [0.5, 0.6) is 0 Å². The number of halogens is 1. The molecule has 0 aliphatic carbocycles. The van der Waals surface area contributed by atoms with Crippen molar-refractivity contribution < 1.29 is 9.59 Å². The van der Waals surface area contributed by atoms with Crippen LogP contribution in [0.1, 0.15) is 17.3 Å². The van der Waals surface area contributed by atoms with Crippen molar-refractivity contribution in [2.45, 2.75) is 17.1 Å². The standard InChI is InChI=1S/C16H13BrN2O2S/c1-9-15(20)19-13-8-10(2-7-14(13)22-9)16(21)18-12-5-3-11(17)4-6-12/h2-9H,1H3,(H,18,21)(H,19,20). The Morgan fingerprint density at radius 3 is 2.68 bits per heavy atom. The second-order valence-corrected chi connectivity index (χ2v) is 7.22. The van der Waals surface area contributed by atoms with E-state index in [9.17, 15) is 9.59 Å². The normalized spacial score (nSPS) is 16.6. The van der Waals surface area contributed by atoms with E-state index in [-0.39, 0.29) is 17.1 Å². The average molecular weight is 377 g/mol. The fraction of sp³-hybridized carbons (Fsp3) is 0.125. The molecule has 0 aromatic heterocycles. The van der Waals surface area contributed by atoms with Gasteiger partial charge in [-0.3, -0.25) is 9.59 Å². The number of fused-ring (bicyclic) bond motifs is 1. The minimum atomic E-state index is -0.206. The first-order valence-electron chi connectivity index (χ1n) is 6.71. The van der Waals surface area contributed by atoms with Crippen LogP contribution in [-0.4, -0.2) is 17.1 Å². The van der Waals surface area contributed by atoms with Crippen molar-refractivity contribution in [1.82, 2.24) is 0 Å². The molecule has 1 unspecified atom stereocenters. The van der Waals surface area contributed by atoms with Gasteiger partial charge in [-0.15, -0.1) is 11.8 Å². The molecule has 1 aliphatic rings. The summed E-state index contributed by atoms with van der Waals surface area (Å²) < 4.78 is 0.952. The van der Waals surface area contributed by atoms with Crippen molar-refractivity contribution in [3.05, 3.63) is 52.5 Å². The molecule has 2 amide bonds. The first-order chi connectivity index (χ1) is 10.5. The summed E-state index contributed by atoms with van der Waals surface area (Å²) >= 11 is 4.85. The zero-order valence-corrected chi connectivity index (χ0v) is 14.1. The van der Waals surface area contributed by atoms with Crippen LogP contribution in [-0.2, 0) is 4.79 Å². The van der Waals surface area contributed by atoms with E-state index in [0.29, 0.717) is 11.3 Å². The van der Waals surface area contributed by atoms with Gasteiger partial charge in [-0.2, -0.15) is 0 Å². The van der Waals surface area contributed by atoms with Crippen LogP contribution < -0.4 is 10.6 Å². The Bertz CT molecular complexity index is 746. The first kappa shape index (κ1) is 15.1. The zero-order valence-electron chi connectivity index (χ0n) is 11.7. The van der Waals surface area contributed by atoms with Gasteiger partial charge in [0.15, 0.2) is 0 Å². The Kier molecular flexibility index (Phi) is 4.22. The highest BCUT2D eigenvalue weighted by Crippen LogP contribution is 2.36. The number of benzene rings is 2. The van der Waals surface area contributed by atoms with E-state index < -0.39 is 0 Å². The Hall–Kier alpha value is -1.79. The van der Waals surface area contributed by atoms with E-state index >= 15 is 0 Å². The fourth-order valence-electron chi connectivity index (χ4n) is 2.09. The molecule has 0 spiro atoms. The van der Waals surface area contributed by atoms with Crippen LogP contribution in [0.15, 0.2) is 51.8 Å². The van der Waals surface area contributed by atoms with Crippen molar-refractivity contribution in [3.63, 3.8) is 0 Å². The minimum absolute atomic E-state index is 0.0389. The molecule has 0 fully saturated rings. The summed E-state index contributed by atoms with van der Waals surface area (Å²) in [7, 11) is 0. The summed E-state index contributed by atoms with van der Waals surface area (Å²) in [6, 6.07) is 12.7. The van der Waals surface area contributed by atoms with Crippen LogP contribution in [0, 0.1) is 0 Å². The Morgan fingerprint density at radius 2 is 1.95 bits per heavy atom. The quantitative estimate of drug-likeness (QED) is 0.827. The monoisotopic (exact) mass is 376 g/mol. The highest BCUT2D eigenvalue weighted by atomic mass is 79.9. The lowest BCUT2D eigenvalue weighted by Crippen LogP contribution is -2.26. The third kappa shape index (κ3) is 3.18. The topological polar surface area (TPSA) is 58.2 Å². The van der Waals surface area contributed by atoms with Gasteiger partial charge in [-0.05, 0) is 49.4 Å². The molecule has 2 N–H and O–H groups in total. The number of amides is 2. The largest absolute Gasteiger partial charge is 0.324 e. The number of rotatable bonds is 2. The van der Waals surface area contributed by atoms with Gasteiger partial charge < -0.3 is 10.6 Å². The lowest BCUT2D eigenvalue weighted by molar-refractivity contribution is -0.115. The number of hydrogen-bond acceptors (Lipinski definition) is 3. The minimum Gasteiger partial charge on any atom is -0.324 e. The number of thioether (sulfide) groups is 1. The molecule has 22 heavy (non-hydrogen) atoms. The molecular weight excluding hydrogens is 364 g/mol. The van der Waals surface area contributed by atoms with E-state index in [2.05, 4.69) is 26.6 Å². The second-order valence-electron chi connectivity index (χ2n) is 4.92. The molecule has 2 aromatic rings. The Balaban J connectivity index is 1.80. The predicted molar refractivity (Wildman–Crippen MR) is 92.5 cm³/mol. The van der Waals surface area contributed by atoms with Crippen molar-refractivity contribution in [2.75, 3.05) is 10.6 Å². The van der Waals surface area contributed by atoms with E-state index in [1.807, 2.05) is 37.3 Å². The third-order valence-corrected chi connectivity index (χ3v) is 4.98. The number of carbonyl (C=O) groups is 2. The van der Waals surface area contributed by atoms with Crippen LogP contribution in [0.2, 0.25) is 0 Å². The molecule has 0 saturated carbocycles. The van der Waals surface area contributed by atoms with Gasteiger partial charge in [-0.25, -0.2) is 0 Å². The molecule has 6 heteroatoms. The molecule has 1 atom stereocenters. The van der Waals surface area contributed by atoms with Gasteiger partial charge in [0.05, 0.1) is 10.9 Å². The number of carbonyl (C=O) groups excluding carboxylic acids is 2. The second kappa shape index (κ2) is 6.14. The summed E-state index contributed by atoms with van der Waals surface area (Å²) in [5.41, 5.74) is 1.92. The molecular formula is C16H13BrN2O2S. The van der Waals surface area contributed by atoms with Gasteiger partial charge in [0.25, 0.3) is 5.91 Å². The van der Waals surface area contributed by atoms with E-state index in [1.54, 1.807) is 12.1 Å². The zero-order chi connectivity index (χ0) is 15.7. The van der Waals surface area contributed by atoms with Gasteiger partial charge in [0.1, 0.15) is 0 Å². The molecule has 112 valence electrons. The van der Waals surface area contributed by atoms with Crippen LogP contribution in [0.25, 0.3) is 0 Å². The summed E-state index contributed by atoms with van der Waals surface area (Å²) in [6.07, 6.45) is 0. The van der Waals surface area contributed by atoms with Crippen LogP contribution >= 0.6 is 27.7 Å². The maximum absolute atomic E-state index is 12.3. The van der Waals surface area contributed by atoms with Crippen LogP contribution in [0.4, 0.5) is 11.4 Å². The molecule has 4 nitrogen and oxygen atoms in total. The third-order valence-electron chi connectivity index (χ3n) is 3.27. The SMILES string of the molecule is CC1Sc2ccc(C(=O)Nc3ccc(Br)cc3)cc2NC1=O. The van der Waals surface area contributed by atoms with Gasteiger partial charge in [0, 0.05) is 20.6 Å². The van der Waals surface area contributed by atoms with Crippen molar-refractivity contribution in [3.8, 4) is 0 Å². The van der Waals surface area contributed by atoms with E-state index in [4.69, 9.17) is 0 Å². The first-order valence-corrected chi connectivity index (χ1v) is 8.39. The van der Waals surface area contributed by atoms with Gasteiger partial charge in [0.2, 0.25) is 5.91 Å². The predicted octanol–water partition coefficient (Wildman–Crippen LogP) is 4.13. The van der Waals surface area contributed by atoms with Crippen LogP contribution in [0.3, 0.4) is 0 Å². The summed E-state index contributed by atoms with van der Waals surface area (Å²) in [4.78, 5) is 25.0. The molecule has 1 aliphatic heterocycles. The van der Waals surface area contributed by atoms with Crippen molar-refractivity contribution in [2.24, 2.45) is 0 Å². The smallest absolute Gasteiger partial charge is 0.255 e. The Morgan fingerprint density at radius 1 is 1.23 bits per heavy atom. The lowest BCUT2D eigenvalue weighted by atomic mass is 10.1. The molecule has 0 radical (unpaired) electrons. The average Bonchev–Trinajstić information content (AvgIpc) is 2.50. The van der Waals surface area contributed by atoms with Gasteiger partial charge in [-0.1, -0.05) is 15.9 Å². The Labute approximate surface area is 140 Å². The molecule has 3 rings (SSSR count). The number of hydrogen-bond donors (Lipinski definition) is 2. The number of nitrogens with one attached hydrogen (secondary N) is 2. The van der Waals surface area contributed by atoms with Gasteiger partial charge >= 0.3 is 0 Å². The fourth-order valence-corrected chi connectivity index (χ4v) is 3.28. The molecule has 0 bridgehead atoms. The van der Waals surface area contributed by atoms with E-state index in [0.717, 1.165) is 15.1 Å². The molecule has 0 saturated heterocycles. The van der Waals surface area contributed by atoms with Crippen molar-refractivity contribution in [1.29, 1.82) is 0 Å². The number of anilines is 2. The summed E-state index contributed by atoms with van der Waals surface area (Å²) in [5.74, 6) is -0.244. The summed E-state index contributed by atoms with van der Waals surface area (Å²) in [6.45, 7) is 1.86. The molecule has 1 heterocycles. The van der Waals surface area contributed by atoms with Crippen molar-refractivity contribution >= 4 is 50.9 Å².